The minimum absolute atomic E-state index is 0.211. The van der Waals surface area contributed by atoms with Crippen molar-refractivity contribution in [2.75, 3.05) is 0 Å². The molecule has 0 saturated carbocycles. The van der Waals surface area contributed by atoms with Crippen LogP contribution in [0.4, 0.5) is 0 Å². The van der Waals surface area contributed by atoms with E-state index in [0.717, 1.165) is 30.3 Å². The highest BCUT2D eigenvalue weighted by atomic mass is 32.3. The number of carbonyl (C=O) groups excluding carboxylic acids is 1. The zero-order chi connectivity index (χ0) is 18.8. The van der Waals surface area contributed by atoms with Crippen LogP contribution in [0.15, 0.2) is 36.4 Å². The topological polar surface area (TPSA) is 162 Å². The van der Waals surface area contributed by atoms with E-state index in [0.29, 0.717) is 0 Å². The summed E-state index contributed by atoms with van der Waals surface area (Å²) in [6.45, 7) is 0. The van der Waals surface area contributed by atoms with Crippen LogP contribution in [0.1, 0.15) is 15.9 Å². The van der Waals surface area contributed by atoms with Gasteiger partial charge in [0.25, 0.3) is 0 Å². The van der Waals surface area contributed by atoms with Gasteiger partial charge in [-0.3, -0.25) is 9.35 Å². The molecule has 0 aliphatic rings. The Labute approximate surface area is 141 Å². The molecule has 9 nitrogen and oxygen atoms in total. The van der Waals surface area contributed by atoms with Crippen LogP contribution >= 0.6 is 0 Å². The van der Waals surface area contributed by atoms with Crippen LogP contribution in [-0.4, -0.2) is 39.2 Å². The van der Waals surface area contributed by atoms with Gasteiger partial charge in [-0.2, -0.15) is 8.42 Å². The molecule has 0 amide bonds. The Morgan fingerprint density at radius 2 is 1.56 bits per heavy atom. The molecule has 2 aromatic carbocycles. The van der Waals surface area contributed by atoms with Gasteiger partial charge in [0.05, 0.1) is 0 Å². The molecular weight excluding hydrogens is 356 g/mol. The molecule has 0 aliphatic carbocycles. The lowest BCUT2D eigenvalue weighted by molar-refractivity contribution is 0.104. The quantitative estimate of drug-likeness (QED) is 0.300. The van der Waals surface area contributed by atoms with Crippen LogP contribution in [0.3, 0.4) is 0 Å². The van der Waals surface area contributed by atoms with Crippen LogP contribution in [0.25, 0.3) is 6.08 Å². The van der Waals surface area contributed by atoms with Crippen molar-refractivity contribution in [1.29, 1.82) is 0 Å². The Hall–Kier alpha value is -3.24. The van der Waals surface area contributed by atoms with E-state index in [1.54, 1.807) is 0 Å². The molecule has 10 heteroatoms. The van der Waals surface area contributed by atoms with Crippen molar-refractivity contribution in [3.63, 3.8) is 0 Å². The third-order valence-electron chi connectivity index (χ3n) is 2.93. The normalized spacial score (nSPS) is 11.6. The molecule has 25 heavy (non-hydrogen) atoms. The Balaban J connectivity index is 2.31. The van der Waals surface area contributed by atoms with Crippen LogP contribution < -0.4 is 4.18 Å². The second kappa shape index (κ2) is 6.71. The van der Waals surface area contributed by atoms with E-state index in [-0.39, 0.29) is 5.56 Å². The number of aromatic hydroxyl groups is 4. The van der Waals surface area contributed by atoms with Crippen molar-refractivity contribution >= 4 is 22.3 Å². The molecule has 0 aromatic heterocycles. The summed E-state index contributed by atoms with van der Waals surface area (Å²) >= 11 is 0. The number of hydrogen-bond acceptors (Lipinski definition) is 8. The first-order valence-electron chi connectivity index (χ1n) is 6.54. The molecule has 0 saturated heterocycles. The Morgan fingerprint density at radius 1 is 0.960 bits per heavy atom. The molecule has 2 rings (SSSR count). The van der Waals surface area contributed by atoms with Gasteiger partial charge in [0.1, 0.15) is 22.8 Å². The monoisotopic (exact) mass is 368 g/mol. The van der Waals surface area contributed by atoms with Gasteiger partial charge in [-0.1, -0.05) is 12.1 Å². The van der Waals surface area contributed by atoms with Gasteiger partial charge in [-0.05, 0) is 23.8 Å². The number of hydrogen-bond donors (Lipinski definition) is 5. The van der Waals surface area contributed by atoms with Crippen molar-refractivity contribution < 1.29 is 42.4 Å². The fraction of sp³-hybridized carbons (Fsp3) is 0. The van der Waals surface area contributed by atoms with E-state index in [1.807, 2.05) is 0 Å². The van der Waals surface area contributed by atoms with Gasteiger partial charge in [0.15, 0.2) is 17.3 Å². The number of allylic oxidation sites excluding steroid dienone is 1. The fourth-order valence-corrected chi connectivity index (χ4v) is 2.28. The van der Waals surface area contributed by atoms with Gasteiger partial charge in [-0.25, -0.2) is 0 Å². The summed E-state index contributed by atoms with van der Waals surface area (Å²) in [6.07, 6.45) is 2.14. The first kappa shape index (κ1) is 18.1. The van der Waals surface area contributed by atoms with Crippen molar-refractivity contribution in [1.82, 2.24) is 0 Å². The molecule has 0 aliphatic heterocycles. The average Bonchev–Trinajstić information content (AvgIpc) is 2.45. The molecule has 132 valence electrons. The molecule has 0 heterocycles. The number of rotatable bonds is 5. The van der Waals surface area contributed by atoms with Crippen molar-refractivity contribution in [3.8, 4) is 28.7 Å². The number of phenolic OH excluding ortho intramolecular Hbond substituents is 4. The molecule has 0 atom stereocenters. The average molecular weight is 368 g/mol. The second-order valence-electron chi connectivity index (χ2n) is 4.79. The van der Waals surface area contributed by atoms with E-state index in [2.05, 4.69) is 4.18 Å². The molecule has 0 bridgehead atoms. The number of ketones is 1. The zero-order valence-electron chi connectivity index (χ0n) is 12.3. The number of benzene rings is 2. The minimum atomic E-state index is -4.85. The largest absolute Gasteiger partial charge is 0.508 e. The van der Waals surface area contributed by atoms with Gasteiger partial charge >= 0.3 is 10.4 Å². The van der Waals surface area contributed by atoms with Crippen LogP contribution in [0, 0.1) is 0 Å². The highest BCUT2D eigenvalue weighted by Gasteiger charge is 2.16. The van der Waals surface area contributed by atoms with E-state index in [9.17, 15) is 33.6 Å². The number of phenols is 4. The highest BCUT2D eigenvalue weighted by Crippen LogP contribution is 2.33. The molecule has 5 N–H and O–H groups in total. The van der Waals surface area contributed by atoms with E-state index < -0.39 is 50.5 Å². The van der Waals surface area contributed by atoms with Gasteiger partial charge in [0, 0.05) is 12.1 Å². The first-order chi connectivity index (χ1) is 11.6. The van der Waals surface area contributed by atoms with Gasteiger partial charge in [-0.15, -0.1) is 0 Å². The van der Waals surface area contributed by atoms with Gasteiger partial charge in [0.2, 0.25) is 0 Å². The summed E-state index contributed by atoms with van der Waals surface area (Å²) in [7, 11) is -4.85. The molecule has 0 unspecified atom stereocenters. The lowest BCUT2D eigenvalue weighted by atomic mass is 10.1. The lowest BCUT2D eigenvalue weighted by Gasteiger charge is -2.06. The van der Waals surface area contributed by atoms with Crippen LogP contribution in [0.5, 0.6) is 28.7 Å². The first-order valence-corrected chi connectivity index (χ1v) is 7.90. The fourth-order valence-electron chi connectivity index (χ4n) is 1.92. The van der Waals surface area contributed by atoms with Crippen molar-refractivity contribution in [3.05, 3.63) is 47.5 Å². The van der Waals surface area contributed by atoms with Crippen molar-refractivity contribution in [2.45, 2.75) is 0 Å². The summed E-state index contributed by atoms with van der Waals surface area (Å²) in [4.78, 5) is 12.0. The predicted octanol–water partition coefficient (Wildman–Crippen LogP) is 1.59. The van der Waals surface area contributed by atoms with Crippen molar-refractivity contribution in [2.24, 2.45) is 0 Å². The standard InChI is InChI=1S/C15H12O9S/c16-9-6-12(19)15(13(20)7-9)11(18)4-2-8-1-3-10(17)14(5-8)24-25(21,22)23/h1-7,16-17,19-20H,(H,21,22,23). The molecule has 0 fully saturated rings. The smallest absolute Gasteiger partial charge is 0.446 e. The SMILES string of the molecule is O=C(C=Cc1ccc(O)c(OS(=O)(=O)O)c1)c1c(O)cc(O)cc1O. The van der Waals surface area contributed by atoms with E-state index in [1.165, 1.54) is 12.1 Å². The summed E-state index contributed by atoms with van der Waals surface area (Å²) in [5.74, 6) is -3.62. The Morgan fingerprint density at radius 3 is 2.12 bits per heavy atom. The predicted molar refractivity (Wildman–Crippen MR) is 85.1 cm³/mol. The zero-order valence-corrected chi connectivity index (χ0v) is 13.1. The summed E-state index contributed by atoms with van der Waals surface area (Å²) in [5.41, 5.74) is -0.232. The Kier molecular flexibility index (Phi) is 4.86. The van der Waals surface area contributed by atoms with Gasteiger partial charge < -0.3 is 24.6 Å². The molecule has 2 aromatic rings. The molecular formula is C15H12O9S. The number of carbonyl (C=O) groups is 1. The maximum atomic E-state index is 12.0. The third-order valence-corrected chi connectivity index (χ3v) is 3.32. The summed E-state index contributed by atoms with van der Waals surface area (Å²) in [5, 5.41) is 37.9. The summed E-state index contributed by atoms with van der Waals surface area (Å²) < 4.78 is 34.2. The van der Waals surface area contributed by atoms with E-state index in [4.69, 9.17) is 4.55 Å². The lowest BCUT2D eigenvalue weighted by Crippen LogP contribution is -2.06. The Bertz CT molecular complexity index is 938. The van der Waals surface area contributed by atoms with Crippen LogP contribution in [0.2, 0.25) is 0 Å². The van der Waals surface area contributed by atoms with E-state index >= 15 is 0 Å². The van der Waals surface area contributed by atoms with Crippen LogP contribution in [-0.2, 0) is 10.4 Å². The maximum Gasteiger partial charge on any atom is 0.446 e. The maximum absolute atomic E-state index is 12.0. The second-order valence-corrected chi connectivity index (χ2v) is 5.82. The minimum Gasteiger partial charge on any atom is -0.508 e. The molecule has 0 spiro atoms. The molecule has 0 radical (unpaired) electrons. The highest BCUT2D eigenvalue weighted by molar-refractivity contribution is 7.81. The summed E-state index contributed by atoms with van der Waals surface area (Å²) in [6, 6.07) is 5.16. The third kappa shape index (κ3) is 4.62.